The lowest BCUT2D eigenvalue weighted by Crippen LogP contribution is -1.95. The first-order valence-corrected chi connectivity index (χ1v) is 6.73. The fraction of sp³-hybridized carbons (Fsp3) is 0.188. The largest absolute Gasteiger partial charge is 0.399 e. The molecule has 0 aliphatic carbocycles. The van der Waals surface area contributed by atoms with Gasteiger partial charge in [-0.1, -0.05) is 11.2 Å². The Morgan fingerprint density at radius 2 is 2.05 bits per heavy atom. The van der Waals surface area contributed by atoms with Crippen LogP contribution in [0.1, 0.15) is 22.6 Å². The number of nitrogen functional groups attached to an aromatic ring is 1. The number of hydrogen-bond donors (Lipinski definition) is 1. The number of aryl methyl sites for hydroxylation is 1. The second-order valence-corrected chi connectivity index (χ2v) is 5.02. The summed E-state index contributed by atoms with van der Waals surface area (Å²) in [6, 6.07) is 9.55. The van der Waals surface area contributed by atoms with E-state index in [1.54, 1.807) is 6.20 Å². The molecule has 0 spiro atoms. The summed E-state index contributed by atoms with van der Waals surface area (Å²) in [7, 11) is 0. The summed E-state index contributed by atoms with van der Waals surface area (Å²) in [6.07, 6.45) is 2.30. The summed E-state index contributed by atoms with van der Waals surface area (Å²) in [5.41, 5.74) is 10.6. The minimum absolute atomic E-state index is 0.494. The number of pyridine rings is 1. The van der Waals surface area contributed by atoms with Crippen molar-refractivity contribution in [1.29, 1.82) is 0 Å². The summed E-state index contributed by atoms with van der Waals surface area (Å²) in [6.45, 7) is 4.03. The summed E-state index contributed by atoms with van der Waals surface area (Å²) in [4.78, 5) is 8.71. The summed E-state index contributed by atoms with van der Waals surface area (Å²) in [5, 5.41) is 4.02. The first-order chi connectivity index (χ1) is 10.1. The van der Waals surface area contributed by atoms with Gasteiger partial charge in [-0.25, -0.2) is 0 Å². The fourth-order valence-corrected chi connectivity index (χ4v) is 2.21. The smallest absolute Gasteiger partial charge is 0.258 e. The van der Waals surface area contributed by atoms with Gasteiger partial charge in [-0.2, -0.15) is 4.98 Å². The van der Waals surface area contributed by atoms with Crippen LogP contribution in [0.5, 0.6) is 0 Å². The van der Waals surface area contributed by atoms with Gasteiger partial charge in [-0.05, 0) is 49.2 Å². The molecule has 0 bridgehead atoms. The molecule has 0 saturated carbocycles. The van der Waals surface area contributed by atoms with Crippen LogP contribution in [0.4, 0.5) is 5.69 Å². The molecule has 0 saturated heterocycles. The van der Waals surface area contributed by atoms with Crippen molar-refractivity contribution in [2.24, 2.45) is 0 Å². The van der Waals surface area contributed by atoms with Crippen LogP contribution >= 0.6 is 0 Å². The quantitative estimate of drug-likeness (QED) is 0.746. The monoisotopic (exact) mass is 280 g/mol. The van der Waals surface area contributed by atoms with E-state index in [0.717, 1.165) is 22.4 Å². The third-order valence-corrected chi connectivity index (χ3v) is 3.45. The first-order valence-electron chi connectivity index (χ1n) is 6.73. The number of anilines is 1. The third kappa shape index (κ3) is 2.76. The molecule has 0 aliphatic heterocycles. The Morgan fingerprint density at radius 3 is 2.81 bits per heavy atom. The van der Waals surface area contributed by atoms with Crippen molar-refractivity contribution < 1.29 is 4.52 Å². The van der Waals surface area contributed by atoms with E-state index in [1.807, 2.05) is 44.2 Å². The highest BCUT2D eigenvalue weighted by molar-refractivity contribution is 5.66. The van der Waals surface area contributed by atoms with Gasteiger partial charge < -0.3 is 10.3 Å². The molecule has 2 heterocycles. The van der Waals surface area contributed by atoms with Crippen LogP contribution in [0.25, 0.3) is 11.5 Å². The van der Waals surface area contributed by atoms with Crippen molar-refractivity contribution in [3.63, 3.8) is 0 Å². The van der Waals surface area contributed by atoms with Gasteiger partial charge in [0, 0.05) is 23.1 Å². The molecule has 3 rings (SSSR count). The molecule has 1 aromatic carbocycles. The van der Waals surface area contributed by atoms with E-state index in [0.29, 0.717) is 23.8 Å². The number of hydrogen-bond acceptors (Lipinski definition) is 5. The molecule has 5 nitrogen and oxygen atoms in total. The van der Waals surface area contributed by atoms with E-state index in [4.69, 9.17) is 10.3 Å². The molecule has 0 fully saturated rings. The van der Waals surface area contributed by atoms with Gasteiger partial charge in [-0.15, -0.1) is 0 Å². The number of aromatic nitrogens is 3. The molecule has 5 heteroatoms. The molecule has 0 radical (unpaired) electrons. The van der Waals surface area contributed by atoms with Crippen molar-refractivity contribution in [1.82, 2.24) is 15.1 Å². The highest BCUT2D eigenvalue weighted by Crippen LogP contribution is 2.27. The van der Waals surface area contributed by atoms with E-state index in [-0.39, 0.29) is 0 Å². The molecular weight excluding hydrogens is 264 g/mol. The maximum Gasteiger partial charge on any atom is 0.258 e. The number of rotatable bonds is 3. The van der Waals surface area contributed by atoms with Crippen molar-refractivity contribution >= 4 is 5.69 Å². The van der Waals surface area contributed by atoms with Crippen molar-refractivity contribution in [2.45, 2.75) is 20.3 Å². The maximum atomic E-state index is 5.90. The molecule has 106 valence electrons. The van der Waals surface area contributed by atoms with Crippen LogP contribution in [0, 0.1) is 13.8 Å². The van der Waals surface area contributed by atoms with Gasteiger partial charge in [0.25, 0.3) is 5.89 Å². The summed E-state index contributed by atoms with van der Waals surface area (Å²) in [5.74, 6) is 1.11. The predicted molar refractivity (Wildman–Crippen MR) is 80.7 cm³/mol. The molecule has 21 heavy (non-hydrogen) atoms. The standard InChI is InChI=1S/C16H16N4O/c1-10-7-12(17)8-14(11(10)2)16-19-15(20-21-16)9-13-5-3-4-6-18-13/h3-8H,9,17H2,1-2H3. The number of nitrogens with zero attached hydrogens (tertiary/aromatic N) is 3. The molecular formula is C16H16N4O. The Bertz CT molecular complexity index is 765. The number of benzene rings is 1. The zero-order valence-electron chi connectivity index (χ0n) is 12.0. The van der Waals surface area contributed by atoms with Gasteiger partial charge in [0.1, 0.15) is 0 Å². The van der Waals surface area contributed by atoms with Gasteiger partial charge >= 0.3 is 0 Å². The van der Waals surface area contributed by atoms with Crippen molar-refractivity contribution in [3.05, 3.63) is 59.2 Å². The fourth-order valence-electron chi connectivity index (χ4n) is 2.21. The van der Waals surface area contributed by atoms with Gasteiger partial charge in [-0.3, -0.25) is 4.98 Å². The summed E-state index contributed by atoms with van der Waals surface area (Å²) >= 11 is 0. The van der Waals surface area contributed by atoms with E-state index in [1.165, 1.54) is 0 Å². The topological polar surface area (TPSA) is 77.8 Å². The second-order valence-electron chi connectivity index (χ2n) is 5.02. The second kappa shape index (κ2) is 5.36. The van der Waals surface area contributed by atoms with Crippen molar-refractivity contribution in [2.75, 3.05) is 5.73 Å². The zero-order chi connectivity index (χ0) is 14.8. The molecule has 0 aliphatic rings. The average molecular weight is 280 g/mol. The van der Waals surface area contributed by atoms with E-state index in [2.05, 4.69) is 15.1 Å². The lowest BCUT2D eigenvalue weighted by molar-refractivity contribution is 0.423. The lowest BCUT2D eigenvalue weighted by Gasteiger charge is -2.06. The molecule has 0 atom stereocenters. The lowest BCUT2D eigenvalue weighted by atomic mass is 10.0. The van der Waals surface area contributed by atoms with E-state index >= 15 is 0 Å². The van der Waals surface area contributed by atoms with Gasteiger partial charge in [0.2, 0.25) is 0 Å². The van der Waals surface area contributed by atoms with E-state index < -0.39 is 0 Å². The minimum atomic E-state index is 0.494. The molecule has 3 aromatic rings. The highest BCUT2D eigenvalue weighted by Gasteiger charge is 2.13. The Labute approximate surface area is 122 Å². The maximum absolute atomic E-state index is 5.90. The zero-order valence-corrected chi connectivity index (χ0v) is 12.0. The first kappa shape index (κ1) is 13.3. The molecule has 0 unspecified atom stereocenters. The molecule has 0 amide bonds. The van der Waals surface area contributed by atoms with Crippen LogP contribution in [0.3, 0.4) is 0 Å². The van der Waals surface area contributed by atoms with Crippen LogP contribution in [-0.2, 0) is 6.42 Å². The van der Waals surface area contributed by atoms with Crippen LogP contribution in [-0.4, -0.2) is 15.1 Å². The SMILES string of the molecule is Cc1cc(N)cc(-c2nc(Cc3ccccn3)no2)c1C. The normalized spacial score (nSPS) is 10.8. The van der Waals surface area contributed by atoms with E-state index in [9.17, 15) is 0 Å². The third-order valence-electron chi connectivity index (χ3n) is 3.45. The molecule has 2 N–H and O–H groups in total. The molecule has 2 aromatic heterocycles. The van der Waals surface area contributed by atoms with Gasteiger partial charge in [0.15, 0.2) is 5.82 Å². The minimum Gasteiger partial charge on any atom is -0.399 e. The Kier molecular flexibility index (Phi) is 3.39. The van der Waals surface area contributed by atoms with Crippen molar-refractivity contribution in [3.8, 4) is 11.5 Å². The predicted octanol–water partition coefficient (Wildman–Crippen LogP) is 2.92. The Hall–Kier alpha value is -2.69. The van der Waals surface area contributed by atoms with Gasteiger partial charge in [0.05, 0.1) is 6.42 Å². The van der Waals surface area contributed by atoms with Crippen LogP contribution in [0.2, 0.25) is 0 Å². The van der Waals surface area contributed by atoms with Crippen LogP contribution in [0.15, 0.2) is 41.1 Å². The average Bonchev–Trinajstić information content (AvgIpc) is 2.92. The Morgan fingerprint density at radius 1 is 1.19 bits per heavy atom. The number of nitrogens with two attached hydrogens (primary N) is 1. The highest BCUT2D eigenvalue weighted by atomic mass is 16.5. The van der Waals surface area contributed by atoms with Crippen LogP contribution < -0.4 is 5.73 Å². The Balaban J connectivity index is 1.92. The summed E-state index contributed by atoms with van der Waals surface area (Å²) < 4.78 is 5.37.